The molecule has 0 spiro atoms. The first kappa shape index (κ1) is 11.4. The van der Waals surface area contributed by atoms with Crippen LogP contribution in [-0.4, -0.2) is 5.71 Å². The first-order valence-corrected chi connectivity index (χ1v) is 6.58. The van der Waals surface area contributed by atoms with Crippen LogP contribution in [0.2, 0.25) is 0 Å². The van der Waals surface area contributed by atoms with Crippen LogP contribution in [0.25, 0.3) is 0 Å². The number of hydrazone groups is 1. The number of thiophene rings is 1. The lowest BCUT2D eigenvalue weighted by Gasteiger charge is -2.02. The van der Waals surface area contributed by atoms with Gasteiger partial charge in [0.25, 0.3) is 0 Å². The maximum absolute atomic E-state index is 4.32. The standard InChI is InChI=1S/C12H11BrN2S/c1-9(10-6-7-16-8-10)14-15-12-4-2-11(13)3-5-12/h2-8,15H,1H3. The summed E-state index contributed by atoms with van der Waals surface area (Å²) in [5.41, 5.74) is 6.17. The summed E-state index contributed by atoms with van der Waals surface area (Å²) >= 11 is 5.07. The smallest absolute Gasteiger partial charge is 0.0656 e. The van der Waals surface area contributed by atoms with Crippen LogP contribution in [0.4, 0.5) is 5.69 Å². The molecule has 0 aliphatic rings. The van der Waals surface area contributed by atoms with Crippen LogP contribution in [-0.2, 0) is 0 Å². The lowest BCUT2D eigenvalue weighted by atomic mass is 10.2. The van der Waals surface area contributed by atoms with Crippen LogP contribution in [0.5, 0.6) is 0 Å². The van der Waals surface area contributed by atoms with Crippen LogP contribution in [0.3, 0.4) is 0 Å². The number of halogens is 1. The zero-order valence-corrected chi connectivity index (χ0v) is 11.2. The first-order valence-electron chi connectivity index (χ1n) is 4.84. The topological polar surface area (TPSA) is 24.4 Å². The minimum atomic E-state index is 0.984. The second kappa shape index (κ2) is 5.27. The minimum absolute atomic E-state index is 0.984. The molecule has 0 atom stereocenters. The van der Waals surface area contributed by atoms with Crippen LogP contribution < -0.4 is 5.43 Å². The maximum Gasteiger partial charge on any atom is 0.0656 e. The van der Waals surface area contributed by atoms with E-state index in [1.165, 1.54) is 0 Å². The van der Waals surface area contributed by atoms with Gasteiger partial charge in [-0.3, -0.25) is 5.43 Å². The van der Waals surface area contributed by atoms with Crippen molar-refractivity contribution in [2.75, 3.05) is 5.43 Å². The molecule has 0 saturated carbocycles. The summed E-state index contributed by atoms with van der Waals surface area (Å²) in [5, 5.41) is 8.46. The van der Waals surface area contributed by atoms with E-state index in [0.29, 0.717) is 0 Å². The Kier molecular flexibility index (Phi) is 3.74. The number of hydrogen-bond donors (Lipinski definition) is 1. The van der Waals surface area contributed by atoms with Gasteiger partial charge in [-0.25, -0.2) is 0 Å². The van der Waals surface area contributed by atoms with Gasteiger partial charge < -0.3 is 0 Å². The molecule has 1 N–H and O–H groups in total. The highest BCUT2D eigenvalue weighted by Crippen LogP contribution is 2.14. The van der Waals surface area contributed by atoms with E-state index in [0.717, 1.165) is 21.4 Å². The molecule has 4 heteroatoms. The third kappa shape index (κ3) is 2.93. The van der Waals surface area contributed by atoms with Crippen LogP contribution in [0, 0.1) is 0 Å². The number of anilines is 1. The number of nitrogens with one attached hydrogen (secondary N) is 1. The molecular weight excluding hydrogens is 284 g/mol. The van der Waals surface area contributed by atoms with Gasteiger partial charge >= 0.3 is 0 Å². The Balaban J connectivity index is 2.06. The van der Waals surface area contributed by atoms with Gasteiger partial charge in [0.05, 0.1) is 11.4 Å². The Bertz CT molecular complexity index is 474. The average molecular weight is 295 g/mol. The molecule has 0 aliphatic carbocycles. The third-order valence-corrected chi connectivity index (χ3v) is 3.35. The summed E-state index contributed by atoms with van der Waals surface area (Å²) in [6, 6.07) is 9.99. The van der Waals surface area contributed by atoms with E-state index in [2.05, 4.69) is 37.9 Å². The number of nitrogens with zero attached hydrogens (tertiary/aromatic N) is 1. The van der Waals surface area contributed by atoms with E-state index < -0.39 is 0 Å². The second-order valence-electron chi connectivity index (χ2n) is 3.33. The van der Waals surface area contributed by atoms with Crippen molar-refractivity contribution in [2.24, 2.45) is 5.10 Å². The molecule has 0 aliphatic heterocycles. The molecule has 2 nitrogen and oxygen atoms in total. The highest BCUT2D eigenvalue weighted by molar-refractivity contribution is 9.10. The van der Waals surface area contributed by atoms with E-state index in [-0.39, 0.29) is 0 Å². The summed E-state index contributed by atoms with van der Waals surface area (Å²) in [4.78, 5) is 0. The van der Waals surface area contributed by atoms with Crippen LogP contribution >= 0.6 is 27.3 Å². The normalized spacial score (nSPS) is 11.5. The molecule has 2 aromatic rings. The van der Waals surface area contributed by atoms with Crippen LogP contribution in [0.15, 0.2) is 50.7 Å². The van der Waals surface area contributed by atoms with E-state index in [4.69, 9.17) is 0 Å². The first-order chi connectivity index (χ1) is 7.75. The van der Waals surface area contributed by atoms with Crippen molar-refractivity contribution in [3.8, 4) is 0 Å². The molecule has 0 bridgehead atoms. The van der Waals surface area contributed by atoms with Crippen molar-refractivity contribution < 1.29 is 0 Å². The van der Waals surface area contributed by atoms with Gasteiger partial charge in [-0.1, -0.05) is 15.9 Å². The van der Waals surface area contributed by atoms with Gasteiger partial charge in [-0.05, 0) is 48.0 Å². The summed E-state index contributed by atoms with van der Waals surface area (Å²) < 4.78 is 1.07. The fraction of sp³-hybridized carbons (Fsp3) is 0.0833. The number of hydrogen-bond acceptors (Lipinski definition) is 3. The molecule has 0 amide bonds. The molecule has 1 aromatic heterocycles. The molecule has 0 unspecified atom stereocenters. The summed E-state index contributed by atoms with van der Waals surface area (Å²) in [6.07, 6.45) is 0. The van der Waals surface area contributed by atoms with Crippen LogP contribution in [0.1, 0.15) is 12.5 Å². The zero-order valence-electron chi connectivity index (χ0n) is 8.77. The molecule has 1 heterocycles. The van der Waals surface area contributed by atoms with E-state index in [1.54, 1.807) is 11.3 Å². The molecular formula is C12H11BrN2S. The van der Waals surface area contributed by atoms with Gasteiger partial charge in [-0.15, -0.1) is 0 Å². The van der Waals surface area contributed by atoms with Gasteiger partial charge in [0.2, 0.25) is 0 Å². The Hall–Kier alpha value is -1.13. The largest absolute Gasteiger partial charge is 0.278 e. The Morgan fingerprint density at radius 3 is 2.62 bits per heavy atom. The summed E-state index contributed by atoms with van der Waals surface area (Å²) in [6.45, 7) is 1.99. The third-order valence-electron chi connectivity index (χ3n) is 2.14. The number of rotatable bonds is 3. The van der Waals surface area contributed by atoms with Crippen molar-refractivity contribution in [1.29, 1.82) is 0 Å². The molecule has 0 fully saturated rings. The van der Waals surface area contributed by atoms with Crippen molar-refractivity contribution in [3.05, 3.63) is 51.1 Å². The summed E-state index contributed by atoms with van der Waals surface area (Å²) in [5.74, 6) is 0. The van der Waals surface area contributed by atoms with E-state index in [1.807, 2.05) is 36.6 Å². The summed E-state index contributed by atoms with van der Waals surface area (Å²) in [7, 11) is 0. The quantitative estimate of drug-likeness (QED) is 0.661. The molecule has 82 valence electrons. The van der Waals surface area contributed by atoms with Gasteiger partial charge in [-0.2, -0.15) is 16.4 Å². The highest BCUT2D eigenvalue weighted by atomic mass is 79.9. The van der Waals surface area contributed by atoms with Gasteiger partial charge in [0.15, 0.2) is 0 Å². The molecule has 16 heavy (non-hydrogen) atoms. The fourth-order valence-electron chi connectivity index (χ4n) is 1.21. The lowest BCUT2D eigenvalue weighted by Crippen LogP contribution is -1.97. The predicted octanol–water partition coefficient (Wildman–Crippen LogP) is 4.35. The average Bonchev–Trinajstić information content (AvgIpc) is 2.81. The van der Waals surface area contributed by atoms with Crippen molar-refractivity contribution in [1.82, 2.24) is 0 Å². The molecule has 0 saturated heterocycles. The Morgan fingerprint density at radius 2 is 2.00 bits per heavy atom. The zero-order chi connectivity index (χ0) is 11.4. The predicted molar refractivity (Wildman–Crippen MR) is 74.3 cm³/mol. The van der Waals surface area contributed by atoms with E-state index >= 15 is 0 Å². The Labute approximate surface area is 107 Å². The van der Waals surface area contributed by atoms with Crippen molar-refractivity contribution in [2.45, 2.75) is 6.92 Å². The monoisotopic (exact) mass is 294 g/mol. The second-order valence-corrected chi connectivity index (χ2v) is 5.02. The highest BCUT2D eigenvalue weighted by Gasteiger charge is 1.96. The molecule has 0 radical (unpaired) electrons. The van der Waals surface area contributed by atoms with Crippen molar-refractivity contribution >= 4 is 38.7 Å². The maximum atomic E-state index is 4.32. The Morgan fingerprint density at radius 1 is 1.25 bits per heavy atom. The van der Waals surface area contributed by atoms with Crippen molar-refractivity contribution in [3.63, 3.8) is 0 Å². The minimum Gasteiger partial charge on any atom is -0.278 e. The SMILES string of the molecule is CC(=NNc1ccc(Br)cc1)c1ccsc1. The fourth-order valence-corrected chi connectivity index (χ4v) is 2.17. The number of benzene rings is 1. The van der Waals surface area contributed by atoms with Gasteiger partial charge in [0, 0.05) is 10.0 Å². The van der Waals surface area contributed by atoms with E-state index in [9.17, 15) is 0 Å². The molecule has 1 aromatic carbocycles. The van der Waals surface area contributed by atoms with Gasteiger partial charge in [0.1, 0.15) is 0 Å². The lowest BCUT2D eigenvalue weighted by molar-refractivity contribution is 1.32. The molecule has 2 rings (SSSR count).